The molecule has 44 heavy (non-hydrogen) atoms. The van der Waals surface area contributed by atoms with Crippen LogP contribution in [0.25, 0.3) is 0 Å². The van der Waals surface area contributed by atoms with Gasteiger partial charge in [-0.2, -0.15) is 10.5 Å². The molecule has 1 saturated heterocycles. The first kappa shape index (κ1) is 34.7. The number of hydroxylamine groups is 1. The van der Waals surface area contributed by atoms with Crippen molar-refractivity contribution in [3.05, 3.63) is 130 Å². The van der Waals surface area contributed by atoms with Crippen LogP contribution in [0.1, 0.15) is 37.3 Å². The zero-order valence-corrected chi connectivity index (χ0v) is 22.8. The fourth-order valence-corrected chi connectivity index (χ4v) is 3.36. The molecule has 1 aliphatic rings. The predicted octanol–water partition coefficient (Wildman–Crippen LogP) is 1.54. The minimum atomic E-state index is -1.37. The van der Waals surface area contributed by atoms with Crippen LogP contribution >= 0.6 is 0 Å². The van der Waals surface area contributed by atoms with E-state index in [1.165, 1.54) is 12.3 Å². The fourth-order valence-electron chi connectivity index (χ4n) is 3.36. The van der Waals surface area contributed by atoms with Gasteiger partial charge >= 0.3 is 23.6 Å². The number of hydrogen-bond acceptors (Lipinski definition) is 11. The Morgan fingerprint density at radius 2 is 1.09 bits per heavy atom. The molecule has 1 fully saturated rings. The lowest BCUT2D eigenvalue weighted by Gasteiger charge is -2.16. The summed E-state index contributed by atoms with van der Waals surface area (Å²) in [6.45, 7) is 0. The van der Waals surface area contributed by atoms with Crippen molar-refractivity contribution < 1.29 is 49.9 Å². The van der Waals surface area contributed by atoms with Gasteiger partial charge in [-0.05, 0) is 42.5 Å². The van der Waals surface area contributed by atoms with Gasteiger partial charge in [0.15, 0.2) is 12.5 Å². The van der Waals surface area contributed by atoms with E-state index in [0.29, 0.717) is 16.7 Å². The number of nitrogens with two attached hydrogens (primary N) is 1. The summed E-state index contributed by atoms with van der Waals surface area (Å²) in [5.41, 5.74) is 7.26. The zero-order chi connectivity index (χ0) is 32.6. The van der Waals surface area contributed by atoms with E-state index < -0.39 is 48.3 Å². The van der Waals surface area contributed by atoms with Crippen LogP contribution in [-0.2, 0) is 4.74 Å². The predicted molar refractivity (Wildman–Crippen MR) is 154 cm³/mol. The quantitative estimate of drug-likeness (QED) is 0.149. The standard InChI is InChI=1S/C8H12N4O5.3C7H6O2/c9-3-1-2-12(8(15)10-3)7-5(14)4(13)6(11-16)17-7;3*8-7(9)6-4-2-1-3-5-6/h1-2,4-7,11,13-14,16H,(H2,9,10,15);3*1-5H,(H,8,9)/t4-,5+,6-,7+;;;/m0.../s1. The molecule has 15 heteroatoms. The lowest BCUT2D eigenvalue weighted by Crippen LogP contribution is -2.39. The molecular formula is C29H30N4O11. The Bertz CT molecular complexity index is 1420. The largest absolute Gasteiger partial charge is 0.478 e. The van der Waals surface area contributed by atoms with Gasteiger partial charge in [0, 0.05) is 6.20 Å². The van der Waals surface area contributed by atoms with Crippen molar-refractivity contribution in [3.8, 4) is 0 Å². The smallest absolute Gasteiger partial charge is 0.351 e. The summed E-state index contributed by atoms with van der Waals surface area (Å²) < 4.78 is 6.04. The first-order valence-corrected chi connectivity index (χ1v) is 12.6. The highest BCUT2D eigenvalue weighted by Gasteiger charge is 2.44. The lowest BCUT2D eigenvalue weighted by atomic mass is 10.2. The van der Waals surface area contributed by atoms with Crippen LogP contribution in [0.5, 0.6) is 0 Å². The number of nitrogen functional groups attached to an aromatic ring is 1. The second-order valence-corrected chi connectivity index (χ2v) is 8.61. The van der Waals surface area contributed by atoms with Gasteiger partial charge in [0.1, 0.15) is 18.0 Å². The Balaban J connectivity index is 0.000000216. The van der Waals surface area contributed by atoms with Gasteiger partial charge in [-0.3, -0.25) is 4.57 Å². The number of aromatic nitrogens is 2. The molecule has 5 rings (SSSR count). The normalized spacial score (nSPS) is 18.2. The number of rotatable bonds is 5. The summed E-state index contributed by atoms with van der Waals surface area (Å²) in [5.74, 6) is -2.60. The molecule has 0 unspecified atom stereocenters. The third-order valence-electron chi connectivity index (χ3n) is 5.55. The second-order valence-electron chi connectivity index (χ2n) is 8.61. The Hall–Kier alpha value is -5.45. The summed E-state index contributed by atoms with van der Waals surface area (Å²) in [4.78, 5) is 45.6. The summed E-state index contributed by atoms with van der Waals surface area (Å²) in [7, 11) is 0. The number of carbonyl (C=O) groups is 3. The first-order valence-electron chi connectivity index (χ1n) is 12.6. The average Bonchev–Trinajstić information content (AvgIpc) is 3.32. The van der Waals surface area contributed by atoms with Crippen molar-refractivity contribution in [2.24, 2.45) is 0 Å². The van der Waals surface area contributed by atoms with Crippen molar-refractivity contribution in [1.82, 2.24) is 15.0 Å². The Morgan fingerprint density at radius 3 is 1.36 bits per heavy atom. The fraction of sp³-hybridized carbons (Fsp3) is 0.138. The molecule has 15 nitrogen and oxygen atoms in total. The van der Waals surface area contributed by atoms with Crippen LogP contribution in [0.2, 0.25) is 0 Å². The van der Waals surface area contributed by atoms with Crippen molar-refractivity contribution in [2.75, 3.05) is 5.73 Å². The van der Waals surface area contributed by atoms with E-state index >= 15 is 0 Å². The van der Waals surface area contributed by atoms with E-state index in [0.717, 1.165) is 4.57 Å². The number of anilines is 1. The van der Waals surface area contributed by atoms with Crippen molar-refractivity contribution in [3.63, 3.8) is 0 Å². The molecule has 3 aromatic carbocycles. The van der Waals surface area contributed by atoms with Crippen LogP contribution in [-0.4, -0.2) is 76.6 Å². The number of nitrogens with one attached hydrogen (secondary N) is 1. The number of ether oxygens (including phenoxy) is 1. The molecule has 9 N–H and O–H groups in total. The minimum Gasteiger partial charge on any atom is -0.478 e. The van der Waals surface area contributed by atoms with Gasteiger partial charge in [-0.15, -0.1) is 0 Å². The third kappa shape index (κ3) is 10.8. The summed E-state index contributed by atoms with van der Waals surface area (Å²) >= 11 is 0. The summed E-state index contributed by atoms with van der Waals surface area (Å²) in [6.07, 6.45) is -3.78. The molecule has 0 amide bonds. The monoisotopic (exact) mass is 610 g/mol. The van der Waals surface area contributed by atoms with E-state index in [1.807, 2.05) is 0 Å². The lowest BCUT2D eigenvalue weighted by molar-refractivity contribution is -0.0973. The van der Waals surface area contributed by atoms with Gasteiger partial charge in [0.2, 0.25) is 0 Å². The molecule has 0 saturated carbocycles. The molecule has 0 spiro atoms. The highest BCUT2D eigenvalue weighted by atomic mass is 16.6. The molecule has 4 atom stereocenters. The van der Waals surface area contributed by atoms with E-state index in [-0.39, 0.29) is 5.82 Å². The molecule has 1 aromatic heterocycles. The first-order chi connectivity index (χ1) is 21.0. The molecule has 1 aliphatic heterocycles. The van der Waals surface area contributed by atoms with Gasteiger partial charge in [0.25, 0.3) is 0 Å². The molecule has 0 aliphatic carbocycles. The molecule has 2 heterocycles. The second kappa shape index (κ2) is 17.5. The van der Waals surface area contributed by atoms with Crippen LogP contribution < -0.4 is 16.9 Å². The number of aromatic carboxylic acids is 3. The maximum atomic E-state index is 11.5. The number of hydrogen-bond donors (Lipinski definition) is 8. The third-order valence-corrected chi connectivity index (χ3v) is 5.55. The van der Waals surface area contributed by atoms with Gasteiger partial charge in [-0.1, -0.05) is 54.6 Å². The van der Waals surface area contributed by atoms with Crippen molar-refractivity contribution >= 4 is 23.7 Å². The van der Waals surface area contributed by atoms with Crippen LogP contribution in [0.3, 0.4) is 0 Å². The summed E-state index contributed by atoms with van der Waals surface area (Å²) in [6, 6.07) is 26.2. The van der Waals surface area contributed by atoms with Crippen LogP contribution in [0.15, 0.2) is 108 Å². The molecular weight excluding hydrogens is 580 g/mol. The minimum absolute atomic E-state index is 0.0381. The van der Waals surface area contributed by atoms with E-state index in [4.69, 9.17) is 31.0 Å². The van der Waals surface area contributed by atoms with Gasteiger partial charge in [0.05, 0.1) is 16.7 Å². The van der Waals surface area contributed by atoms with Crippen molar-refractivity contribution in [2.45, 2.75) is 24.7 Å². The number of aliphatic hydroxyl groups excluding tert-OH is 2. The number of aliphatic hydroxyl groups is 2. The van der Waals surface area contributed by atoms with E-state index in [2.05, 4.69) is 4.98 Å². The Kier molecular flexibility index (Phi) is 13.8. The molecule has 0 bridgehead atoms. The number of nitrogens with zero attached hydrogens (tertiary/aromatic N) is 2. The number of carboxylic acids is 3. The number of carboxylic acid groups (broad SMARTS) is 3. The molecule has 4 aromatic rings. The van der Waals surface area contributed by atoms with Crippen LogP contribution in [0, 0.1) is 0 Å². The SMILES string of the molecule is Nc1ccn([C@@H]2O[C@H](NO)[C@@H](O)[C@H]2O)c(=O)n1.O=C(O)c1ccccc1.O=C(O)c1ccccc1.O=C(O)c1ccccc1. The Morgan fingerprint density at radius 1 is 0.705 bits per heavy atom. The molecule has 232 valence electrons. The van der Waals surface area contributed by atoms with E-state index in [9.17, 15) is 29.4 Å². The average molecular weight is 611 g/mol. The maximum absolute atomic E-state index is 11.5. The van der Waals surface area contributed by atoms with Gasteiger partial charge in [-0.25, -0.2) is 19.2 Å². The van der Waals surface area contributed by atoms with Gasteiger partial charge < -0.3 is 41.2 Å². The zero-order valence-electron chi connectivity index (χ0n) is 22.8. The number of benzene rings is 3. The Labute approximate surface area is 249 Å². The highest BCUT2D eigenvalue weighted by Crippen LogP contribution is 2.26. The highest BCUT2D eigenvalue weighted by molar-refractivity contribution is 5.88. The topological polar surface area (TPSA) is 255 Å². The maximum Gasteiger partial charge on any atom is 0.351 e. The van der Waals surface area contributed by atoms with Crippen LogP contribution in [0.4, 0.5) is 5.82 Å². The summed E-state index contributed by atoms with van der Waals surface area (Å²) in [5, 5.41) is 53.0. The van der Waals surface area contributed by atoms with E-state index in [1.54, 1.807) is 96.5 Å². The van der Waals surface area contributed by atoms with Crippen molar-refractivity contribution in [1.29, 1.82) is 0 Å². The molecule has 0 radical (unpaired) electrons.